The number of nitrogens with zero attached hydrogens (tertiary/aromatic N) is 2. The van der Waals surface area contributed by atoms with Gasteiger partial charge in [-0.3, -0.25) is 9.48 Å². The predicted molar refractivity (Wildman–Crippen MR) is 76.8 cm³/mol. The molecule has 1 fully saturated rings. The Morgan fingerprint density at radius 3 is 3.00 bits per heavy atom. The minimum absolute atomic E-state index is 0.110. The van der Waals surface area contributed by atoms with Crippen molar-refractivity contribution in [2.24, 2.45) is 13.0 Å². The molecule has 1 N–H and O–H groups in total. The molecule has 0 radical (unpaired) electrons. The third kappa shape index (κ3) is 3.16. The maximum atomic E-state index is 12.4. The first-order valence-electron chi connectivity index (χ1n) is 7.17. The summed E-state index contributed by atoms with van der Waals surface area (Å²) in [6.45, 7) is 2.24. The molecule has 0 atom stereocenters. The summed E-state index contributed by atoms with van der Waals surface area (Å²) >= 11 is 0. The van der Waals surface area contributed by atoms with Crippen molar-refractivity contribution in [3.05, 3.63) is 30.2 Å². The first kappa shape index (κ1) is 13.9. The van der Waals surface area contributed by atoms with Crippen LogP contribution < -0.4 is 5.32 Å². The monoisotopic (exact) mass is 289 g/mol. The summed E-state index contributed by atoms with van der Waals surface area (Å²) in [5, 5.41) is 7.31. The highest BCUT2D eigenvalue weighted by Gasteiger charge is 2.20. The number of nitrogens with one attached hydrogen (secondary N) is 1. The highest BCUT2D eigenvalue weighted by atomic mass is 16.5. The fourth-order valence-corrected chi connectivity index (χ4v) is 2.53. The van der Waals surface area contributed by atoms with Crippen LogP contribution in [0.3, 0.4) is 0 Å². The molecule has 3 rings (SSSR count). The van der Waals surface area contributed by atoms with Crippen LogP contribution in [0, 0.1) is 5.92 Å². The zero-order valence-electron chi connectivity index (χ0n) is 12.0. The molecular formula is C15H19N3O3. The molecule has 1 aliphatic rings. The Morgan fingerprint density at radius 2 is 2.29 bits per heavy atom. The molecule has 0 bridgehead atoms. The molecule has 1 saturated heterocycles. The number of hydrogen-bond donors (Lipinski definition) is 1. The van der Waals surface area contributed by atoms with E-state index in [2.05, 4.69) is 10.4 Å². The molecule has 2 aromatic heterocycles. The Kier molecular flexibility index (Phi) is 4.06. The fourth-order valence-electron chi connectivity index (χ4n) is 2.53. The number of aryl methyl sites for hydroxylation is 1. The van der Waals surface area contributed by atoms with Crippen molar-refractivity contribution in [1.82, 2.24) is 15.1 Å². The van der Waals surface area contributed by atoms with Gasteiger partial charge in [0.25, 0.3) is 5.91 Å². The van der Waals surface area contributed by atoms with Gasteiger partial charge in [-0.1, -0.05) is 0 Å². The molecule has 0 aliphatic carbocycles. The van der Waals surface area contributed by atoms with Crippen molar-refractivity contribution in [2.45, 2.75) is 12.8 Å². The summed E-state index contributed by atoms with van der Waals surface area (Å²) in [5.41, 5.74) is 1.12. The third-order valence-corrected chi connectivity index (χ3v) is 3.72. The molecule has 0 spiro atoms. The Morgan fingerprint density at radius 1 is 1.48 bits per heavy atom. The average Bonchev–Trinajstić information content (AvgIpc) is 3.14. The van der Waals surface area contributed by atoms with Crippen LogP contribution in [0.25, 0.3) is 11.5 Å². The Labute approximate surface area is 123 Å². The van der Waals surface area contributed by atoms with E-state index < -0.39 is 0 Å². The quantitative estimate of drug-likeness (QED) is 0.932. The van der Waals surface area contributed by atoms with Gasteiger partial charge in [-0.15, -0.1) is 0 Å². The zero-order chi connectivity index (χ0) is 14.7. The minimum atomic E-state index is -0.110. The van der Waals surface area contributed by atoms with Crippen molar-refractivity contribution in [3.8, 4) is 11.5 Å². The number of furan rings is 1. The number of ether oxygens (including phenoxy) is 1. The lowest BCUT2D eigenvalue weighted by Gasteiger charge is -2.22. The largest absolute Gasteiger partial charge is 0.463 e. The maximum absolute atomic E-state index is 12.4. The summed E-state index contributed by atoms with van der Waals surface area (Å²) in [6, 6.07) is 3.59. The molecule has 112 valence electrons. The van der Waals surface area contributed by atoms with E-state index in [9.17, 15) is 4.79 Å². The first-order valence-corrected chi connectivity index (χ1v) is 7.17. The standard InChI is InChI=1S/C15H19N3O3/c1-18-10-12(14(17-18)13-3-2-6-21-13)15(19)16-9-11-4-7-20-8-5-11/h2-3,6,10-11H,4-5,7-9H2,1H3,(H,16,19). The zero-order valence-corrected chi connectivity index (χ0v) is 12.0. The van der Waals surface area contributed by atoms with Crippen LogP contribution in [0.1, 0.15) is 23.2 Å². The van der Waals surface area contributed by atoms with Gasteiger partial charge in [0, 0.05) is 33.0 Å². The molecule has 21 heavy (non-hydrogen) atoms. The normalized spacial score (nSPS) is 16.0. The van der Waals surface area contributed by atoms with Crippen LogP contribution in [0.15, 0.2) is 29.0 Å². The lowest BCUT2D eigenvalue weighted by molar-refractivity contribution is 0.0643. The number of amides is 1. The second-order valence-electron chi connectivity index (χ2n) is 5.31. The number of rotatable bonds is 4. The van der Waals surface area contributed by atoms with Gasteiger partial charge in [-0.05, 0) is 30.9 Å². The Hall–Kier alpha value is -2.08. The number of carbonyl (C=O) groups excluding carboxylic acids is 1. The lowest BCUT2D eigenvalue weighted by Crippen LogP contribution is -2.32. The average molecular weight is 289 g/mol. The summed E-state index contributed by atoms with van der Waals surface area (Å²) in [7, 11) is 1.79. The molecule has 3 heterocycles. The molecule has 0 aromatic carbocycles. The molecule has 6 heteroatoms. The lowest BCUT2D eigenvalue weighted by atomic mass is 10.0. The fraction of sp³-hybridized carbons (Fsp3) is 0.467. The predicted octanol–water partition coefficient (Wildman–Crippen LogP) is 1.84. The number of carbonyl (C=O) groups is 1. The van der Waals surface area contributed by atoms with E-state index in [4.69, 9.17) is 9.15 Å². The van der Waals surface area contributed by atoms with Crippen LogP contribution in [-0.2, 0) is 11.8 Å². The Bertz CT molecular complexity index is 598. The van der Waals surface area contributed by atoms with Crippen molar-refractivity contribution in [3.63, 3.8) is 0 Å². The molecule has 1 aliphatic heterocycles. The van der Waals surface area contributed by atoms with Gasteiger partial charge in [0.2, 0.25) is 0 Å². The van der Waals surface area contributed by atoms with E-state index in [1.165, 1.54) is 0 Å². The van der Waals surface area contributed by atoms with E-state index in [0.717, 1.165) is 26.1 Å². The second kappa shape index (κ2) is 6.13. The van der Waals surface area contributed by atoms with Crippen LogP contribution in [0.2, 0.25) is 0 Å². The highest BCUT2D eigenvalue weighted by molar-refractivity contribution is 5.99. The molecule has 6 nitrogen and oxygen atoms in total. The van der Waals surface area contributed by atoms with Gasteiger partial charge in [0.15, 0.2) is 5.76 Å². The van der Waals surface area contributed by atoms with Gasteiger partial charge in [0.1, 0.15) is 5.69 Å². The molecular weight excluding hydrogens is 270 g/mol. The van der Waals surface area contributed by atoms with Crippen molar-refractivity contribution >= 4 is 5.91 Å². The molecule has 0 saturated carbocycles. The Balaban J connectivity index is 1.69. The van der Waals surface area contributed by atoms with Crippen molar-refractivity contribution in [2.75, 3.05) is 19.8 Å². The van der Waals surface area contributed by atoms with Crippen molar-refractivity contribution in [1.29, 1.82) is 0 Å². The van der Waals surface area contributed by atoms with Crippen LogP contribution >= 0.6 is 0 Å². The van der Waals surface area contributed by atoms with E-state index in [1.54, 1.807) is 36.3 Å². The third-order valence-electron chi connectivity index (χ3n) is 3.72. The maximum Gasteiger partial charge on any atom is 0.255 e. The SMILES string of the molecule is Cn1cc(C(=O)NCC2CCOCC2)c(-c2ccco2)n1. The van der Waals surface area contributed by atoms with E-state index >= 15 is 0 Å². The summed E-state index contributed by atoms with van der Waals surface area (Å²) in [5.74, 6) is 0.985. The topological polar surface area (TPSA) is 69.3 Å². The second-order valence-corrected chi connectivity index (χ2v) is 5.31. The van der Waals surface area contributed by atoms with E-state index in [1.807, 2.05) is 0 Å². The van der Waals surface area contributed by atoms with Gasteiger partial charge in [-0.25, -0.2) is 0 Å². The summed E-state index contributed by atoms with van der Waals surface area (Å²) < 4.78 is 12.3. The van der Waals surface area contributed by atoms with Crippen molar-refractivity contribution < 1.29 is 13.9 Å². The summed E-state index contributed by atoms with van der Waals surface area (Å²) in [4.78, 5) is 12.4. The summed E-state index contributed by atoms with van der Waals surface area (Å²) in [6.07, 6.45) is 5.29. The number of aromatic nitrogens is 2. The van der Waals surface area contributed by atoms with Crippen LogP contribution in [0.4, 0.5) is 0 Å². The minimum Gasteiger partial charge on any atom is -0.463 e. The first-order chi connectivity index (χ1) is 10.2. The van der Waals surface area contributed by atoms with Gasteiger partial charge in [0.05, 0.1) is 11.8 Å². The molecule has 2 aromatic rings. The van der Waals surface area contributed by atoms with Crippen LogP contribution in [0.5, 0.6) is 0 Å². The van der Waals surface area contributed by atoms with E-state index in [-0.39, 0.29) is 5.91 Å². The van der Waals surface area contributed by atoms with E-state index in [0.29, 0.717) is 29.5 Å². The highest BCUT2D eigenvalue weighted by Crippen LogP contribution is 2.22. The van der Waals surface area contributed by atoms with Gasteiger partial charge in [-0.2, -0.15) is 5.10 Å². The smallest absolute Gasteiger partial charge is 0.255 e. The molecule has 1 amide bonds. The number of hydrogen-bond acceptors (Lipinski definition) is 4. The molecule has 0 unspecified atom stereocenters. The van der Waals surface area contributed by atoms with Crippen LogP contribution in [-0.4, -0.2) is 35.4 Å². The van der Waals surface area contributed by atoms with Gasteiger partial charge < -0.3 is 14.5 Å². The van der Waals surface area contributed by atoms with Gasteiger partial charge >= 0.3 is 0 Å².